The summed E-state index contributed by atoms with van der Waals surface area (Å²) in [7, 11) is 0. The molecule has 3 nitrogen and oxygen atoms in total. The van der Waals surface area contributed by atoms with Crippen molar-refractivity contribution in [2.75, 3.05) is 19.8 Å². The van der Waals surface area contributed by atoms with E-state index in [1.54, 1.807) is 0 Å². The van der Waals surface area contributed by atoms with Crippen molar-refractivity contribution in [3.63, 3.8) is 0 Å². The number of rotatable bonds is 8. The number of hydrogen-bond donors (Lipinski definition) is 0. The second-order valence-electron chi connectivity index (χ2n) is 3.68. The predicted octanol–water partition coefficient (Wildman–Crippen LogP) is 3.08. The normalized spacial score (nSPS) is 10.2. The molecule has 0 radical (unpaired) electrons. The van der Waals surface area contributed by atoms with Crippen LogP contribution in [0.5, 0.6) is 5.75 Å². The first-order valence-corrected chi connectivity index (χ1v) is 6.11. The maximum atomic E-state index is 11.8. The molecule has 0 atom stereocenters. The molecule has 1 aromatic rings. The van der Waals surface area contributed by atoms with Gasteiger partial charge in [0.1, 0.15) is 5.75 Å². The van der Waals surface area contributed by atoms with E-state index in [0.29, 0.717) is 26.2 Å². The van der Waals surface area contributed by atoms with Crippen LogP contribution in [0.15, 0.2) is 24.3 Å². The van der Waals surface area contributed by atoms with Gasteiger partial charge in [0.2, 0.25) is 0 Å². The Morgan fingerprint density at radius 3 is 2.41 bits per heavy atom. The Kier molecular flexibility index (Phi) is 6.33. The zero-order valence-corrected chi connectivity index (χ0v) is 10.6. The van der Waals surface area contributed by atoms with Gasteiger partial charge in [-0.15, -0.1) is 0 Å². The molecule has 0 aliphatic heterocycles. The van der Waals surface area contributed by atoms with Crippen LogP contribution in [-0.4, -0.2) is 25.6 Å². The fourth-order valence-corrected chi connectivity index (χ4v) is 1.53. The lowest BCUT2D eigenvalue weighted by Crippen LogP contribution is -2.02. The molecule has 0 saturated heterocycles. The van der Waals surface area contributed by atoms with Crippen LogP contribution in [0, 0.1) is 0 Å². The molecule has 0 aliphatic carbocycles. The molecule has 17 heavy (non-hydrogen) atoms. The minimum atomic E-state index is 0.160. The third kappa shape index (κ3) is 5.00. The highest BCUT2D eigenvalue weighted by molar-refractivity contribution is 5.96. The average Bonchev–Trinajstić information content (AvgIpc) is 2.36. The van der Waals surface area contributed by atoms with Crippen LogP contribution in [0.1, 0.15) is 37.0 Å². The van der Waals surface area contributed by atoms with Gasteiger partial charge < -0.3 is 9.47 Å². The second kappa shape index (κ2) is 7.85. The summed E-state index contributed by atoms with van der Waals surface area (Å²) in [4.78, 5) is 11.8. The SMILES string of the molecule is CCOCCCC(=O)c1ccc(OCC)cc1. The van der Waals surface area contributed by atoms with Crippen LogP contribution in [0.2, 0.25) is 0 Å². The van der Waals surface area contributed by atoms with Crippen LogP contribution in [0.4, 0.5) is 0 Å². The van der Waals surface area contributed by atoms with E-state index < -0.39 is 0 Å². The van der Waals surface area contributed by atoms with Crippen molar-refractivity contribution in [3.8, 4) is 5.75 Å². The van der Waals surface area contributed by atoms with Crippen LogP contribution in [0.3, 0.4) is 0 Å². The van der Waals surface area contributed by atoms with Crippen molar-refractivity contribution >= 4 is 5.78 Å². The fraction of sp³-hybridized carbons (Fsp3) is 0.500. The van der Waals surface area contributed by atoms with E-state index in [1.807, 2.05) is 38.1 Å². The minimum absolute atomic E-state index is 0.160. The van der Waals surface area contributed by atoms with E-state index in [0.717, 1.165) is 17.7 Å². The first-order valence-electron chi connectivity index (χ1n) is 6.11. The Morgan fingerprint density at radius 1 is 1.12 bits per heavy atom. The summed E-state index contributed by atoms with van der Waals surface area (Å²) < 4.78 is 10.5. The topological polar surface area (TPSA) is 35.5 Å². The molecule has 0 aromatic heterocycles. The highest BCUT2D eigenvalue weighted by atomic mass is 16.5. The highest BCUT2D eigenvalue weighted by Gasteiger charge is 2.05. The van der Waals surface area contributed by atoms with Crippen LogP contribution < -0.4 is 4.74 Å². The van der Waals surface area contributed by atoms with Crippen LogP contribution >= 0.6 is 0 Å². The quantitative estimate of drug-likeness (QED) is 0.514. The lowest BCUT2D eigenvalue weighted by atomic mass is 10.1. The largest absolute Gasteiger partial charge is 0.494 e. The number of benzene rings is 1. The second-order valence-corrected chi connectivity index (χ2v) is 3.68. The van der Waals surface area contributed by atoms with E-state index in [4.69, 9.17) is 9.47 Å². The summed E-state index contributed by atoms with van der Waals surface area (Å²) in [6.45, 7) is 5.89. The van der Waals surface area contributed by atoms with Crippen LogP contribution in [-0.2, 0) is 4.74 Å². The van der Waals surface area contributed by atoms with E-state index in [1.165, 1.54) is 0 Å². The molecule has 0 heterocycles. The summed E-state index contributed by atoms with van der Waals surface area (Å²) in [5.41, 5.74) is 0.741. The smallest absolute Gasteiger partial charge is 0.162 e. The third-order valence-corrected chi connectivity index (χ3v) is 2.38. The summed E-state index contributed by atoms with van der Waals surface area (Å²) in [6.07, 6.45) is 1.31. The zero-order chi connectivity index (χ0) is 12.5. The summed E-state index contributed by atoms with van der Waals surface area (Å²) in [5, 5.41) is 0. The van der Waals surface area contributed by atoms with Gasteiger partial charge in [-0.25, -0.2) is 0 Å². The first-order chi connectivity index (χ1) is 8.27. The fourth-order valence-electron chi connectivity index (χ4n) is 1.53. The Balaban J connectivity index is 2.40. The standard InChI is InChI=1S/C14H20O3/c1-3-16-11-5-6-14(15)12-7-9-13(10-8-12)17-4-2/h7-10H,3-6,11H2,1-2H3. The molecular weight excluding hydrogens is 216 g/mol. The zero-order valence-electron chi connectivity index (χ0n) is 10.6. The van der Waals surface area contributed by atoms with E-state index >= 15 is 0 Å². The van der Waals surface area contributed by atoms with Crippen molar-refractivity contribution in [2.45, 2.75) is 26.7 Å². The van der Waals surface area contributed by atoms with Gasteiger partial charge in [0.05, 0.1) is 6.61 Å². The summed E-state index contributed by atoms with van der Waals surface area (Å²) in [6, 6.07) is 7.29. The molecule has 1 aromatic carbocycles. The number of carbonyl (C=O) groups excluding carboxylic acids is 1. The van der Waals surface area contributed by atoms with Crippen molar-refractivity contribution in [1.29, 1.82) is 0 Å². The monoisotopic (exact) mass is 236 g/mol. The van der Waals surface area contributed by atoms with Gasteiger partial charge in [-0.1, -0.05) is 0 Å². The molecule has 0 bridgehead atoms. The predicted molar refractivity (Wildman–Crippen MR) is 67.7 cm³/mol. The molecule has 1 rings (SSSR count). The molecule has 0 unspecified atom stereocenters. The van der Waals surface area contributed by atoms with E-state index in [9.17, 15) is 4.79 Å². The molecule has 94 valence electrons. The van der Waals surface area contributed by atoms with Crippen molar-refractivity contribution in [3.05, 3.63) is 29.8 Å². The minimum Gasteiger partial charge on any atom is -0.494 e. The molecule has 0 amide bonds. The van der Waals surface area contributed by atoms with Gasteiger partial charge in [0.15, 0.2) is 5.78 Å². The van der Waals surface area contributed by atoms with E-state index in [2.05, 4.69) is 0 Å². The maximum Gasteiger partial charge on any atom is 0.162 e. The van der Waals surface area contributed by atoms with Gasteiger partial charge in [-0.3, -0.25) is 4.79 Å². The Hall–Kier alpha value is -1.35. The number of ether oxygens (including phenoxy) is 2. The third-order valence-electron chi connectivity index (χ3n) is 2.38. The van der Waals surface area contributed by atoms with Crippen molar-refractivity contribution < 1.29 is 14.3 Å². The Morgan fingerprint density at radius 2 is 1.82 bits per heavy atom. The van der Waals surface area contributed by atoms with Crippen molar-refractivity contribution in [2.24, 2.45) is 0 Å². The first kappa shape index (κ1) is 13.7. The molecule has 0 N–H and O–H groups in total. The van der Waals surface area contributed by atoms with E-state index in [-0.39, 0.29) is 5.78 Å². The number of carbonyl (C=O) groups is 1. The Bertz CT molecular complexity index is 330. The van der Waals surface area contributed by atoms with Crippen molar-refractivity contribution in [1.82, 2.24) is 0 Å². The highest BCUT2D eigenvalue weighted by Crippen LogP contribution is 2.13. The average molecular weight is 236 g/mol. The summed E-state index contributed by atoms with van der Waals surface area (Å²) >= 11 is 0. The van der Waals surface area contributed by atoms with Crippen LogP contribution in [0.25, 0.3) is 0 Å². The number of Topliss-reactive ketones (excluding diaryl/α,β-unsaturated/α-hetero) is 1. The molecule has 0 fully saturated rings. The lowest BCUT2D eigenvalue weighted by molar-refractivity contribution is 0.0947. The molecule has 0 spiro atoms. The van der Waals surface area contributed by atoms with Gasteiger partial charge in [-0.05, 0) is 44.5 Å². The maximum absolute atomic E-state index is 11.8. The number of hydrogen-bond acceptors (Lipinski definition) is 3. The summed E-state index contributed by atoms with van der Waals surface area (Å²) in [5.74, 6) is 0.964. The van der Waals surface area contributed by atoms with Gasteiger partial charge in [-0.2, -0.15) is 0 Å². The molecule has 0 aliphatic rings. The molecule has 0 saturated carbocycles. The van der Waals surface area contributed by atoms with Gasteiger partial charge in [0.25, 0.3) is 0 Å². The molecular formula is C14H20O3. The van der Waals surface area contributed by atoms with Gasteiger partial charge in [0, 0.05) is 25.2 Å². The number of ketones is 1. The Labute approximate surface area is 103 Å². The van der Waals surface area contributed by atoms with Gasteiger partial charge >= 0.3 is 0 Å². The molecule has 3 heteroatoms. The lowest BCUT2D eigenvalue weighted by Gasteiger charge is -2.04.